The average Bonchev–Trinajstić information content (AvgIpc) is 2.53. The number of halogens is 1. The van der Waals surface area contributed by atoms with Crippen molar-refractivity contribution in [3.63, 3.8) is 0 Å². The van der Waals surface area contributed by atoms with Crippen molar-refractivity contribution in [2.75, 3.05) is 26.2 Å². The molecule has 2 nitrogen and oxygen atoms in total. The quantitative estimate of drug-likeness (QED) is 0.774. The molecule has 0 aliphatic carbocycles. The normalized spacial score (nSPS) is 19.2. The maximum absolute atomic E-state index is 12.7. The van der Waals surface area contributed by atoms with Crippen LogP contribution in [0.5, 0.6) is 0 Å². The van der Waals surface area contributed by atoms with Crippen molar-refractivity contribution in [1.29, 1.82) is 0 Å². The van der Waals surface area contributed by atoms with Gasteiger partial charge in [0.25, 0.3) is 0 Å². The Morgan fingerprint density at radius 1 is 1.38 bits per heavy atom. The van der Waals surface area contributed by atoms with Gasteiger partial charge in [-0.15, -0.1) is 11.3 Å². The molecule has 1 fully saturated rings. The number of nitrogens with one attached hydrogen (secondary N) is 1. The van der Waals surface area contributed by atoms with Crippen molar-refractivity contribution in [2.24, 2.45) is 0 Å². The molecular formula is C9H13FN2S. The molecule has 13 heavy (non-hydrogen) atoms. The lowest BCUT2D eigenvalue weighted by Crippen LogP contribution is -2.42. The summed E-state index contributed by atoms with van der Waals surface area (Å²) in [5.41, 5.74) is 0. The van der Waals surface area contributed by atoms with E-state index in [9.17, 15) is 4.39 Å². The number of rotatable bonds is 2. The topological polar surface area (TPSA) is 15.3 Å². The maximum Gasteiger partial charge on any atom is 0.176 e. The highest BCUT2D eigenvalue weighted by atomic mass is 32.1. The molecule has 1 aliphatic heterocycles. The van der Waals surface area contributed by atoms with Gasteiger partial charge < -0.3 is 5.32 Å². The second-order valence-corrected chi connectivity index (χ2v) is 4.35. The Morgan fingerprint density at radius 2 is 2.15 bits per heavy atom. The highest BCUT2D eigenvalue weighted by Crippen LogP contribution is 2.16. The summed E-state index contributed by atoms with van der Waals surface area (Å²) in [6, 6.07) is 3.42. The van der Waals surface area contributed by atoms with Gasteiger partial charge in [-0.3, -0.25) is 4.90 Å². The van der Waals surface area contributed by atoms with Gasteiger partial charge in [0.1, 0.15) is 0 Å². The summed E-state index contributed by atoms with van der Waals surface area (Å²) in [4.78, 5) is 3.47. The first-order valence-electron chi connectivity index (χ1n) is 4.52. The third-order valence-electron chi connectivity index (χ3n) is 2.22. The summed E-state index contributed by atoms with van der Waals surface area (Å²) >= 11 is 1.25. The Bertz CT molecular complexity index is 268. The van der Waals surface area contributed by atoms with Crippen LogP contribution in [0.4, 0.5) is 4.39 Å². The number of hydrogen-bond donors (Lipinski definition) is 1. The molecule has 1 saturated heterocycles. The third-order valence-corrected chi connectivity index (χ3v) is 3.08. The molecule has 0 spiro atoms. The van der Waals surface area contributed by atoms with Gasteiger partial charge in [-0.2, -0.15) is 4.39 Å². The Labute approximate surface area is 81.4 Å². The van der Waals surface area contributed by atoms with Gasteiger partial charge in [0, 0.05) is 37.6 Å². The van der Waals surface area contributed by atoms with E-state index >= 15 is 0 Å². The monoisotopic (exact) mass is 200 g/mol. The molecule has 4 heteroatoms. The molecule has 0 radical (unpaired) electrons. The summed E-state index contributed by atoms with van der Waals surface area (Å²) in [5.74, 6) is 0. The summed E-state index contributed by atoms with van der Waals surface area (Å²) in [6.07, 6.45) is 0. The molecule has 1 N–H and O–H groups in total. The second-order valence-electron chi connectivity index (χ2n) is 3.23. The third kappa shape index (κ3) is 2.49. The lowest BCUT2D eigenvalue weighted by Gasteiger charge is -2.26. The fourth-order valence-corrected chi connectivity index (χ4v) is 2.30. The zero-order valence-electron chi connectivity index (χ0n) is 7.42. The molecule has 72 valence electrons. The SMILES string of the molecule is Fc1ccc(CN2CCNCC2)s1. The molecule has 2 heterocycles. The van der Waals surface area contributed by atoms with Crippen molar-refractivity contribution in [2.45, 2.75) is 6.54 Å². The molecule has 0 saturated carbocycles. The van der Waals surface area contributed by atoms with Crippen LogP contribution >= 0.6 is 11.3 Å². The first kappa shape index (κ1) is 9.12. The molecule has 2 rings (SSSR count). The van der Waals surface area contributed by atoms with E-state index in [-0.39, 0.29) is 5.13 Å². The van der Waals surface area contributed by atoms with Crippen LogP contribution in [0.25, 0.3) is 0 Å². The highest BCUT2D eigenvalue weighted by Gasteiger charge is 2.10. The van der Waals surface area contributed by atoms with Gasteiger partial charge in [-0.25, -0.2) is 0 Å². The number of nitrogens with zero attached hydrogens (tertiary/aromatic N) is 1. The Balaban J connectivity index is 1.89. The Morgan fingerprint density at radius 3 is 2.77 bits per heavy atom. The Kier molecular flexibility index (Phi) is 2.93. The van der Waals surface area contributed by atoms with E-state index in [1.54, 1.807) is 6.07 Å². The summed E-state index contributed by atoms with van der Waals surface area (Å²) in [6.45, 7) is 5.14. The molecule has 0 bridgehead atoms. The van der Waals surface area contributed by atoms with Gasteiger partial charge in [0.15, 0.2) is 5.13 Å². The van der Waals surface area contributed by atoms with Crippen molar-refractivity contribution in [3.8, 4) is 0 Å². The predicted molar refractivity (Wildman–Crippen MR) is 52.4 cm³/mol. The summed E-state index contributed by atoms with van der Waals surface area (Å²) in [7, 11) is 0. The molecule has 0 aromatic carbocycles. The van der Waals surface area contributed by atoms with E-state index in [0.717, 1.165) is 37.6 Å². The van der Waals surface area contributed by atoms with Crippen molar-refractivity contribution in [3.05, 3.63) is 22.1 Å². The van der Waals surface area contributed by atoms with Crippen LogP contribution in [0, 0.1) is 5.13 Å². The van der Waals surface area contributed by atoms with Crippen molar-refractivity contribution < 1.29 is 4.39 Å². The fraction of sp³-hybridized carbons (Fsp3) is 0.556. The van der Waals surface area contributed by atoms with E-state index in [2.05, 4.69) is 10.2 Å². The first-order valence-corrected chi connectivity index (χ1v) is 5.33. The number of piperazine rings is 1. The Hall–Kier alpha value is -0.450. The lowest BCUT2D eigenvalue weighted by atomic mass is 10.3. The lowest BCUT2D eigenvalue weighted by molar-refractivity contribution is 0.235. The van der Waals surface area contributed by atoms with E-state index in [0.29, 0.717) is 0 Å². The van der Waals surface area contributed by atoms with Crippen LogP contribution in [0.15, 0.2) is 12.1 Å². The molecule has 1 aromatic heterocycles. The minimum Gasteiger partial charge on any atom is -0.314 e. The van der Waals surface area contributed by atoms with Crippen LogP contribution in [-0.2, 0) is 6.54 Å². The summed E-state index contributed by atoms with van der Waals surface area (Å²) < 4.78 is 12.7. The number of thiophene rings is 1. The molecule has 0 amide bonds. The van der Waals surface area contributed by atoms with Crippen LogP contribution < -0.4 is 5.32 Å². The molecule has 0 unspecified atom stereocenters. The zero-order valence-corrected chi connectivity index (χ0v) is 8.24. The van der Waals surface area contributed by atoms with Gasteiger partial charge in [-0.05, 0) is 12.1 Å². The van der Waals surface area contributed by atoms with Crippen LogP contribution in [0.1, 0.15) is 4.88 Å². The minimum absolute atomic E-state index is 0.0786. The molecule has 1 aromatic rings. The van der Waals surface area contributed by atoms with Crippen LogP contribution in [0.2, 0.25) is 0 Å². The van der Waals surface area contributed by atoms with E-state index < -0.39 is 0 Å². The van der Waals surface area contributed by atoms with Gasteiger partial charge in [-0.1, -0.05) is 0 Å². The standard InChI is InChI=1S/C9H13FN2S/c10-9-2-1-8(13-9)7-12-5-3-11-4-6-12/h1-2,11H,3-7H2. The molecular weight excluding hydrogens is 187 g/mol. The number of hydrogen-bond acceptors (Lipinski definition) is 3. The van der Waals surface area contributed by atoms with Crippen molar-refractivity contribution in [1.82, 2.24) is 10.2 Å². The van der Waals surface area contributed by atoms with Gasteiger partial charge >= 0.3 is 0 Å². The van der Waals surface area contributed by atoms with E-state index in [1.165, 1.54) is 11.3 Å². The first-order chi connectivity index (χ1) is 6.34. The van der Waals surface area contributed by atoms with Crippen LogP contribution in [0.3, 0.4) is 0 Å². The van der Waals surface area contributed by atoms with Crippen molar-refractivity contribution >= 4 is 11.3 Å². The summed E-state index contributed by atoms with van der Waals surface area (Å²) in [5, 5.41) is 3.21. The predicted octanol–water partition coefficient (Wildman–Crippen LogP) is 1.29. The van der Waals surface area contributed by atoms with E-state index in [1.807, 2.05) is 6.07 Å². The second kappa shape index (κ2) is 4.17. The minimum atomic E-state index is -0.0786. The smallest absolute Gasteiger partial charge is 0.176 e. The van der Waals surface area contributed by atoms with Gasteiger partial charge in [0.05, 0.1) is 0 Å². The van der Waals surface area contributed by atoms with Gasteiger partial charge in [0.2, 0.25) is 0 Å². The molecule has 0 atom stereocenters. The highest BCUT2D eigenvalue weighted by molar-refractivity contribution is 7.10. The van der Waals surface area contributed by atoms with E-state index in [4.69, 9.17) is 0 Å². The largest absolute Gasteiger partial charge is 0.314 e. The van der Waals surface area contributed by atoms with Crippen LogP contribution in [-0.4, -0.2) is 31.1 Å². The fourth-order valence-electron chi connectivity index (χ4n) is 1.53. The maximum atomic E-state index is 12.7. The average molecular weight is 200 g/mol. The zero-order chi connectivity index (χ0) is 9.10. The molecule has 1 aliphatic rings.